The molecule has 0 bridgehead atoms. The number of ether oxygens (including phenoxy) is 2. The smallest absolute Gasteiger partial charge is 0.231 e. The zero-order valence-corrected chi connectivity index (χ0v) is 14.3. The van der Waals surface area contributed by atoms with Crippen LogP contribution >= 0.6 is 0 Å². The molecule has 0 radical (unpaired) electrons. The van der Waals surface area contributed by atoms with Crippen molar-refractivity contribution in [3.8, 4) is 5.75 Å². The van der Waals surface area contributed by atoms with E-state index in [9.17, 15) is 9.18 Å². The van der Waals surface area contributed by atoms with Crippen molar-refractivity contribution in [3.05, 3.63) is 65.5 Å². The van der Waals surface area contributed by atoms with Crippen molar-refractivity contribution in [3.63, 3.8) is 0 Å². The van der Waals surface area contributed by atoms with E-state index in [2.05, 4.69) is 5.32 Å². The fraction of sp³-hybridized carbons (Fsp3) is 0.350. The van der Waals surface area contributed by atoms with Gasteiger partial charge in [0.1, 0.15) is 11.6 Å². The van der Waals surface area contributed by atoms with E-state index in [1.54, 1.807) is 25.3 Å². The van der Waals surface area contributed by atoms with Gasteiger partial charge < -0.3 is 14.8 Å². The van der Waals surface area contributed by atoms with Crippen LogP contribution in [-0.2, 0) is 21.5 Å². The van der Waals surface area contributed by atoms with Gasteiger partial charge in [-0.15, -0.1) is 0 Å². The molecule has 1 fully saturated rings. The Hall–Kier alpha value is -2.40. The average molecular weight is 343 g/mol. The third-order valence-electron chi connectivity index (χ3n) is 4.82. The van der Waals surface area contributed by atoms with Crippen LogP contribution in [0.1, 0.15) is 24.0 Å². The minimum absolute atomic E-state index is 0.0933. The summed E-state index contributed by atoms with van der Waals surface area (Å²) < 4.78 is 24.5. The highest BCUT2D eigenvalue weighted by Crippen LogP contribution is 2.36. The first-order valence-electron chi connectivity index (χ1n) is 8.40. The quantitative estimate of drug-likeness (QED) is 0.907. The number of rotatable bonds is 5. The van der Waals surface area contributed by atoms with Crippen molar-refractivity contribution in [1.82, 2.24) is 5.32 Å². The number of carbonyl (C=O) groups is 1. The van der Waals surface area contributed by atoms with E-state index in [1.807, 2.05) is 24.3 Å². The molecule has 1 aliphatic rings. The van der Waals surface area contributed by atoms with E-state index in [0.717, 1.165) is 11.3 Å². The van der Waals surface area contributed by atoms with Gasteiger partial charge in [-0.2, -0.15) is 0 Å². The molecule has 0 saturated carbocycles. The highest BCUT2D eigenvalue weighted by molar-refractivity contribution is 5.88. The van der Waals surface area contributed by atoms with Crippen LogP contribution in [0.2, 0.25) is 0 Å². The molecule has 1 amide bonds. The molecule has 25 heavy (non-hydrogen) atoms. The number of hydrogen-bond donors (Lipinski definition) is 1. The average Bonchev–Trinajstić information content (AvgIpc) is 2.67. The first kappa shape index (κ1) is 17.4. The maximum absolute atomic E-state index is 13.8. The lowest BCUT2D eigenvalue weighted by atomic mass is 9.73. The van der Waals surface area contributed by atoms with Gasteiger partial charge in [0.05, 0.1) is 12.5 Å². The molecule has 0 aliphatic carbocycles. The van der Waals surface area contributed by atoms with Gasteiger partial charge in [-0.25, -0.2) is 4.39 Å². The number of benzene rings is 2. The molecular formula is C20H22FNO3. The zero-order valence-electron chi connectivity index (χ0n) is 14.3. The predicted molar refractivity (Wildman–Crippen MR) is 93.0 cm³/mol. The van der Waals surface area contributed by atoms with Crippen molar-refractivity contribution < 1.29 is 18.7 Å². The van der Waals surface area contributed by atoms with Crippen molar-refractivity contribution in [1.29, 1.82) is 0 Å². The van der Waals surface area contributed by atoms with Gasteiger partial charge in [0.15, 0.2) is 0 Å². The molecule has 2 aromatic rings. The lowest BCUT2D eigenvalue weighted by Gasteiger charge is -2.36. The summed E-state index contributed by atoms with van der Waals surface area (Å²) >= 11 is 0. The Bertz CT molecular complexity index is 724. The molecule has 1 N–H and O–H groups in total. The summed E-state index contributed by atoms with van der Waals surface area (Å²) in [7, 11) is 1.61. The van der Waals surface area contributed by atoms with Gasteiger partial charge in [0.25, 0.3) is 0 Å². The lowest BCUT2D eigenvalue weighted by Crippen LogP contribution is -2.47. The van der Waals surface area contributed by atoms with E-state index >= 15 is 0 Å². The highest BCUT2D eigenvalue weighted by atomic mass is 19.1. The molecule has 3 rings (SSSR count). The SMILES string of the molecule is COc1ccc(C2(C(=O)NCc3ccccc3F)CCOCC2)cc1. The normalized spacial score (nSPS) is 16.2. The number of hydrogen-bond acceptors (Lipinski definition) is 3. The summed E-state index contributed by atoms with van der Waals surface area (Å²) in [5.41, 5.74) is 0.755. The van der Waals surface area contributed by atoms with Crippen molar-refractivity contribution in [2.45, 2.75) is 24.8 Å². The first-order valence-corrected chi connectivity index (χ1v) is 8.40. The Labute approximate surface area is 147 Å². The van der Waals surface area contributed by atoms with Crippen LogP contribution in [0.4, 0.5) is 4.39 Å². The standard InChI is InChI=1S/C20H22FNO3/c1-24-17-8-6-16(7-9-17)20(10-12-25-13-11-20)19(23)22-14-15-4-2-3-5-18(15)21/h2-9H,10-14H2,1H3,(H,22,23). The highest BCUT2D eigenvalue weighted by Gasteiger charge is 2.41. The molecule has 1 aliphatic heterocycles. The molecule has 0 unspecified atom stereocenters. The van der Waals surface area contributed by atoms with Crippen LogP contribution < -0.4 is 10.1 Å². The number of nitrogens with one attached hydrogen (secondary N) is 1. The van der Waals surface area contributed by atoms with Gasteiger partial charge in [-0.3, -0.25) is 4.79 Å². The molecule has 0 spiro atoms. The zero-order chi connectivity index (χ0) is 17.7. The minimum atomic E-state index is -0.657. The Kier molecular flexibility index (Phi) is 5.34. The van der Waals surface area contributed by atoms with Crippen LogP contribution in [0, 0.1) is 5.82 Å². The summed E-state index contributed by atoms with van der Waals surface area (Å²) in [6.07, 6.45) is 1.20. The third kappa shape index (κ3) is 3.66. The second kappa shape index (κ2) is 7.66. The summed E-state index contributed by atoms with van der Waals surface area (Å²) in [5, 5.41) is 2.91. The number of halogens is 1. The lowest BCUT2D eigenvalue weighted by molar-refractivity contribution is -0.130. The fourth-order valence-electron chi connectivity index (χ4n) is 3.26. The Morgan fingerprint density at radius 3 is 2.48 bits per heavy atom. The monoisotopic (exact) mass is 343 g/mol. The summed E-state index contributed by atoms with van der Waals surface area (Å²) in [4.78, 5) is 13.0. The Morgan fingerprint density at radius 1 is 1.16 bits per heavy atom. The van der Waals surface area contributed by atoms with Crippen molar-refractivity contribution in [2.75, 3.05) is 20.3 Å². The summed E-state index contributed by atoms with van der Waals surface area (Å²) in [5.74, 6) is 0.343. The van der Waals surface area contributed by atoms with Crippen LogP contribution in [0.5, 0.6) is 5.75 Å². The van der Waals surface area contributed by atoms with Crippen LogP contribution in [0.15, 0.2) is 48.5 Å². The topological polar surface area (TPSA) is 47.6 Å². The van der Waals surface area contributed by atoms with Gasteiger partial charge in [0, 0.05) is 25.3 Å². The molecule has 132 valence electrons. The Balaban J connectivity index is 1.81. The molecule has 0 atom stereocenters. The third-order valence-corrected chi connectivity index (χ3v) is 4.82. The van der Waals surface area contributed by atoms with E-state index in [0.29, 0.717) is 31.6 Å². The molecule has 1 heterocycles. The maximum atomic E-state index is 13.8. The van der Waals surface area contributed by atoms with E-state index in [4.69, 9.17) is 9.47 Å². The van der Waals surface area contributed by atoms with E-state index in [1.165, 1.54) is 6.07 Å². The second-order valence-corrected chi connectivity index (χ2v) is 6.20. The van der Waals surface area contributed by atoms with Crippen molar-refractivity contribution in [2.24, 2.45) is 0 Å². The van der Waals surface area contributed by atoms with E-state index < -0.39 is 5.41 Å². The van der Waals surface area contributed by atoms with Crippen LogP contribution in [0.25, 0.3) is 0 Å². The van der Waals surface area contributed by atoms with Crippen LogP contribution in [0.3, 0.4) is 0 Å². The van der Waals surface area contributed by atoms with Gasteiger partial charge >= 0.3 is 0 Å². The molecular weight excluding hydrogens is 321 g/mol. The van der Waals surface area contributed by atoms with Gasteiger partial charge in [-0.1, -0.05) is 30.3 Å². The second-order valence-electron chi connectivity index (χ2n) is 6.20. The number of carbonyl (C=O) groups excluding carboxylic acids is 1. The Morgan fingerprint density at radius 2 is 1.84 bits per heavy atom. The summed E-state index contributed by atoms with van der Waals surface area (Å²) in [6.45, 7) is 1.22. The molecule has 5 heteroatoms. The molecule has 0 aromatic heterocycles. The number of methoxy groups -OCH3 is 1. The summed E-state index contributed by atoms with van der Waals surface area (Å²) in [6, 6.07) is 14.0. The fourth-order valence-corrected chi connectivity index (χ4v) is 3.26. The maximum Gasteiger partial charge on any atom is 0.231 e. The molecule has 4 nitrogen and oxygen atoms in total. The van der Waals surface area contributed by atoms with Gasteiger partial charge in [-0.05, 0) is 36.6 Å². The number of amides is 1. The van der Waals surface area contributed by atoms with Crippen molar-refractivity contribution >= 4 is 5.91 Å². The first-order chi connectivity index (χ1) is 12.2. The minimum Gasteiger partial charge on any atom is -0.497 e. The molecule has 1 saturated heterocycles. The van der Waals surface area contributed by atoms with Gasteiger partial charge in [0.2, 0.25) is 5.91 Å². The predicted octanol–water partition coefficient (Wildman–Crippen LogP) is 3.20. The van der Waals surface area contributed by atoms with Crippen LogP contribution in [-0.4, -0.2) is 26.2 Å². The van der Waals surface area contributed by atoms with E-state index in [-0.39, 0.29) is 18.3 Å². The largest absolute Gasteiger partial charge is 0.497 e. The molecule has 2 aromatic carbocycles.